The van der Waals surface area contributed by atoms with Gasteiger partial charge < -0.3 is 9.55 Å². The van der Waals surface area contributed by atoms with Crippen LogP contribution >= 0.6 is 0 Å². The Hall–Kier alpha value is -4.40. The maximum Gasteiger partial charge on any atom is 0.178 e. The second kappa shape index (κ2) is 7.06. The van der Waals surface area contributed by atoms with Crippen molar-refractivity contribution >= 4 is 22.2 Å². The lowest BCUT2D eigenvalue weighted by Gasteiger charge is -2.04. The van der Waals surface area contributed by atoms with E-state index >= 15 is 0 Å². The number of halogens is 1. The number of aryl methyl sites for hydroxylation is 2. The normalized spacial score (nSPS) is 11.6. The predicted octanol–water partition coefficient (Wildman–Crippen LogP) is 4.72. The Morgan fingerprint density at radius 2 is 1.88 bits per heavy atom. The highest BCUT2D eigenvalue weighted by Gasteiger charge is 2.18. The number of nitrogens with one attached hydrogen (secondary N) is 2. The van der Waals surface area contributed by atoms with Crippen LogP contribution in [0.1, 0.15) is 11.4 Å². The summed E-state index contributed by atoms with van der Waals surface area (Å²) in [6.45, 7) is 3.82. The number of hydrogen-bond donors (Lipinski definition) is 2. The van der Waals surface area contributed by atoms with Crippen LogP contribution in [0.25, 0.3) is 56.2 Å². The van der Waals surface area contributed by atoms with Gasteiger partial charge in [-0.25, -0.2) is 24.3 Å². The summed E-state index contributed by atoms with van der Waals surface area (Å²) in [5.41, 5.74) is 7.44. The van der Waals surface area contributed by atoms with E-state index in [1.807, 2.05) is 55.9 Å². The summed E-state index contributed by atoms with van der Waals surface area (Å²) in [7, 11) is 1.96. The van der Waals surface area contributed by atoms with Gasteiger partial charge in [-0.2, -0.15) is 5.10 Å². The molecule has 0 saturated heterocycles. The Labute approximate surface area is 187 Å². The lowest BCUT2D eigenvalue weighted by Crippen LogP contribution is -1.96. The van der Waals surface area contributed by atoms with Gasteiger partial charge in [0.15, 0.2) is 17.2 Å². The van der Waals surface area contributed by atoms with Gasteiger partial charge in [-0.05, 0) is 55.3 Å². The Balaban J connectivity index is 1.52. The van der Waals surface area contributed by atoms with Crippen molar-refractivity contribution in [1.29, 1.82) is 0 Å². The van der Waals surface area contributed by atoms with E-state index < -0.39 is 0 Å². The Bertz CT molecular complexity index is 1650. The van der Waals surface area contributed by atoms with Crippen molar-refractivity contribution in [3.8, 4) is 34.0 Å². The molecule has 1 aromatic carbocycles. The second-order valence-corrected chi connectivity index (χ2v) is 8.07. The molecule has 0 spiro atoms. The largest absolute Gasteiger partial charge is 0.335 e. The van der Waals surface area contributed by atoms with Crippen molar-refractivity contribution in [1.82, 2.24) is 39.7 Å². The summed E-state index contributed by atoms with van der Waals surface area (Å²) >= 11 is 0. The first kappa shape index (κ1) is 19.3. The minimum absolute atomic E-state index is 0.282. The van der Waals surface area contributed by atoms with Gasteiger partial charge in [0.2, 0.25) is 0 Å². The molecule has 6 rings (SSSR count). The van der Waals surface area contributed by atoms with Crippen LogP contribution < -0.4 is 0 Å². The summed E-state index contributed by atoms with van der Waals surface area (Å²) in [6, 6.07) is 10.7. The number of hydrogen-bond acceptors (Lipinski definition) is 5. The zero-order valence-electron chi connectivity index (χ0n) is 18.2. The number of nitrogens with zero attached hydrogens (tertiary/aromatic N) is 6. The van der Waals surface area contributed by atoms with Crippen molar-refractivity contribution < 1.29 is 4.39 Å². The first-order valence-electron chi connectivity index (χ1n) is 10.4. The summed E-state index contributed by atoms with van der Waals surface area (Å²) in [4.78, 5) is 21.6. The van der Waals surface area contributed by atoms with Crippen LogP contribution in [0, 0.1) is 19.7 Å². The van der Waals surface area contributed by atoms with Crippen LogP contribution in [0.4, 0.5) is 4.39 Å². The molecule has 33 heavy (non-hydrogen) atoms. The summed E-state index contributed by atoms with van der Waals surface area (Å²) in [6.07, 6.45) is 3.48. The standard InChI is InChI=1S/C24H19FN8/c1-12-8-14(10-15(25)9-12)16-6-7-26-23-20(16)29-24(30-23)22-21-18(31-32-22)5-4-17(28-21)19-11-27-13(2)33(19)3/h4-11H,1-3H3,(H,31,32)(H,26,29,30). The molecule has 0 bridgehead atoms. The molecule has 0 aliphatic rings. The number of rotatable bonds is 3. The quantitative estimate of drug-likeness (QED) is 0.416. The minimum atomic E-state index is -0.282. The molecule has 0 amide bonds. The van der Waals surface area contributed by atoms with Gasteiger partial charge in [0.25, 0.3) is 0 Å². The highest BCUT2D eigenvalue weighted by molar-refractivity contribution is 5.94. The number of fused-ring (bicyclic) bond motifs is 2. The molecule has 0 unspecified atom stereocenters. The topological polar surface area (TPSA) is 101 Å². The zero-order chi connectivity index (χ0) is 22.7. The van der Waals surface area contributed by atoms with Gasteiger partial charge in [-0.3, -0.25) is 5.10 Å². The smallest absolute Gasteiger partial charge is 0.178 e. The Kier molecular flexibility index (Phi) is 4.13. The molecule has 0 aliphatic heterocycles. The van der Waals surface area contributed by atoms with E-state index in [9.17, 15) is 4.39 Å². The van der Waals surface area contributed by atoms with Gasteiger partial charge in [0, 0.05) is 18.8 Å². The molecule has 2 N–H and O–H groups in total. The van der Waals surface area contributed by atoms with Gasteiger partial charge in [-0.15, -0.1) is 0 Å². The van der Waals surface area contributed by atoms with Crippen LogP contribution in [-0.2, 0) is 7.05 Å². The zero-order valence-corrected chi connectivity index (χ0v) is 18.2. The molecule has 0 saturated carbocycles. The average Bonchev–Trinajstić information content (AvgIpc) is 3.49. The SMILES string of the molecule is Cc1cc(F)cc(-c2ccnc3nc(-c4n[nH]c5ccc(-c6cnc(C)n6C)nc45)[nH]c23)c1. The predicted molar refractivity (Wildman–Crippen MR) is 124 cm³/mol. The maximum absolute atomic E-state index is 14.1. The van der Waals surface area contributed by atoms with E-state index in [1.54, 1.807) is 6.20 Å². The number of imidazole rings is 2. The third-order valence-electron chi connectivity index (χ3n) is 5.86. The molecule has 9 heteroatoms. The first-order chi connectivity index (χ1) is 16.0. The number of benzene rings is 1. The van der Waals surface area contributed by atoms with Crippen LogP contribution in [-0.4, -0.2) is 39.7 Å². The molecule has 8 nitrogen and oxygen atoms in total. The summed E-state index contributed by atoms with van der Waals surface area (Å²) in [5, 5.41) is 7.49. The molecule has 0 atom stereocenters. The molecule has 5 heterocycles. The molecule has 6 aromatic rings. The van der Waals surface area contributed by atoms with Crippen LogP contribution in [0.5, 0.6) is 0 Å². The van der Waals surface area contributed by atoms with Crippen molar-refractivity contribution in [3.63, 3.8) is 0 Å². The molecule has 0 radical (unpaired) electrons. The fourth-order valence-corrected chi connectivity index (χ4v) is 4.10. The van der Waals surface area contributed by atoms with Crippen molar-refractivity contribution in [3.05, 3.63) is 66.0 Å². The van der Waals surface area contributed by atoms with E-state index in [0.717, 1.165) is 39.4 Å². The Morgan fingerprint density at radius 1 is 1.00 bits per heavy atom. The lowest BCUT2D eigenvalue weighted by molar-refractivity contribution is 0.627. The van der Waals surface area contributed by atoms with E-state index in [1.165, 1.54) is 12.1 Å². The van der Waals surface area contributed by atoms with Gasteiger partial charge in [-0.1, -0.05) is 6.07 Å². The lowest BCUT2D eigenvalue weighted by atomic mass is 10.0. The number of aromatic amines is 2. The van der Waals surface area contributed by atoms with Gasteiger partial charge >= 0.3 is 0 Å². The highest BCUT2D eigenvalue weighted by atomic mass is 19.1. The van der Waals surface area contributed by atoms with E-state index in [4.69, 9.17) is 4.98 Å². The van der Waals surface area contributed by atoms with Crippen LogP contribution in [0.15, 0.2) is 48.8 Å². The summed E-state index contributed by atoms with van der Waals surface area (Å²) < 4.78 is 16.0. The number of pyridine rings is 2. The van der Waals surface area contributed by atoms with Crippen LogP contribution in [0.2, 0.25) is 0 Å². The van der Waals surface area contributed by atoms with Crippen molar-refractivity contribution in [2.45, 2.75) is 13.8 Å². The third kappa shape index (κ3) is 3.08. The average molecular weight is 438 g/mol. The molecule has 162 valence electrons. The molecular formula is C24H19FN8. The third-order valence-corrected chi connectivity index (χ3v) is 5.86. The molecule has 0 fully saturated rings. The highest BCUT2D eigenvalue weighted by Crippen LogP contribution is 2.31. The minimum Gasteiger partial charge on any atom is -0.335 e. The molecule has 0 aliphatic carbocycles. The van der Waals surface area contributed by atoms with Crippen LogP contribution in [0.3, 0.4) is 0 Å². The second-order valence-electron chi connectivity index (χ2n) is 8.07. The summed E-state index contributed by atoms with van der Waals surface area (Å²) in [5.74, 6) is 1.16. The Morgan fingerprint density at radius 3 is 2.67 bits per heavy atom. The number of H-pyrrole nitrogens is 2. The van der Waals surface area contributed by atoms with E-state index in [2.05, 4.69) is 30.1 Å². The van der Waals surface area contributed by atoms with Gasteiger partial charge in [0.05, 0.1) is 28.6 Å². The maximum atomic E-state index is 14.1. The van der Waals surface area contributed by atoms with Crippen molar-refractivity contribution in [2.75, 3.05) is 0 Å². The fourth-order valence-electron chi connectivity index (χ4n) is 4.10. The fraction of sp³-hybridized carbons (Fsp3) is 0.125. The monoisotopic (exact) mass is 438 g/mol. The van der Waals surface area contributed by atoms with Gasteiger partial charge in [0.1, 0.15) is 17.2 Å². The van der Waals surface area contributed by atoms with Crippen molar-refractivity contribution in [2.24, 2.45) is 7.05 Å². The first-order valence-corrected chi connectivity index (χ1v) is 10.4. The van der Waals surface area contributed by atoms with E-state index in [0.29, 0.717) is 28.2 Å². The molecular weight excluding hydrogens is 419 g/mol. The van der Waals surface area contributed by atoms with E-state index in [-0.39, 0.29) is 5.82 Å². The number of aromatic nitrogens is 8. The molecule has 5 aromatic heterocycles.